The number of hydrogen-bond acceptors (Lipinski definition) is 3. The molecule has 0 aromatic heterocycles. The van der Waals surface area contributed by atoms with Crippen molar-refractivity contribution in [3.05, 3.63) is 83.9 Å². The first kappa shape index (κ1) is 20.9. The molecule has 0 saturated heterocycles. The van der Waals surface area contributed by atoms with Gasteiger partial charge in [0.15, 0.2) is 6.19 Å². The maximum Gasteiger partial charge on any atom is 0.315 e. The Labute approximate surface area is 176 Å². The van der Waals surface area contributed by atoms with E-state index in [-0.39, 0.29) is 6.54 Å². The predicted molar refractivity (Wildman–Crippen MR) is 116 cm³/mol. The van der Waals surface area contributed by atoms with Crippen LogP contribution in [-0.2, 0) is 17.8 Å². The molecule has 0 radical (unpaired) electrons. The molecule has 6 nitrogen and oxygen atoms in total. The van der Waals surface area contributed by atoms with Crippen LogP contribution in [-0.4, -0.2) is 29.4 Å². The fraction of sp³-hybridized carbons (Fsp3) is 0.208. The van der Waals surface area contributed by atoms with Gasteiger partial charge < -0.3 is 10.6 Å². The zero-order valence-corrected chi connectivity index (χ0v) is 16.8. The standard InChI is InChI=1S/C24H24N4O2/c1-2-28(17-25)23(29)22(27-24(30)26-16-18-8-4-3-5-9-18)15-19-12-13-20-10-6-7-11-21(20)14-19/h3-14,22H,2,15-16H2,1H3,(H2,26,27,30). The molecule has 30 heavy (non-hydrogen) atoms. The van der Waals surface area contributed by atoms with E-state index in [9.17, 15) is 14.9 Å². The molecule has 0 bridgehead atoms. The minimum Gasteiger partial charge on any atom is -0.334 e. The molecule has 0 spiro atoms. The lowest BCUT2D eigenvalue weighted by Crippen LogP contribution is -2.51. The largest absolute Gasteiger partial charge is 0.334 e. The molecule has 1 unspecified atom stereocenters. The number of likely N-dealkylation sites (N-methyl/N-ethyl adjacent to an activating group) is 1. The van der Waals surface area contributed by atoms with Gasteiger partial charge in [0, 0.05) is 19.5 Å². The highest BCUT2D eigenvalue weighted by atomic mass is 16.2. The molecule has 3 amide bonds. The minimum absolute atomic E-state index is 0.247. The number of carbonyl (C=O) groups is 2. The molecular formula is C24H24N4O2. The number of nitrogens with one attached hydrogen (secondary N) is 2. The Balaban J connectivity index is 1.74. The predicted octanol–water partition coefficient (Wildman–Crippen LogP) is 3.58. The maximum atomic E-state index is 12.8. The van der Waals surface area contributed by atoms with Crippen LogP contribution < -0.4 is 10.6 Å². The molecule has 3 aromatic rings. The van der Waals surface area contributed by atoms with Crippen LogP contribution in [0.2, 0.25) is 0 Å². The third-order valence-corrected chi connectivity index (χ3v) is 4.86. The second-order valence-electron chi connectivity index (χ2n) is 6.93. The zero-order valence-electron chi connectivity index (χ0n) is 16.8. The molecule has 3 rings (SSSR count). The first-order valence-corrected chi connectivity index (χ1v) is 9.87. The molecule has 0 fully saturated rings. The normalized spacial score (nSPS) is 11.3. The fourth-order valence-electron chi connectivity index (χ4n) is 3.25. The Morgan fingerprint density at radius 1 is 0.967 bits per heavy atom. The highest BCUT2D eigenvalue weighted by Gasteiger charge is 2.25. The molecule has 0 saturated carbocycles. The number of benzene rings is 3. The molecule has 0 aliphatic carbocycles. The molecule has 0 aliphatic heterocycles. The maximum absolute atomic E-state index is 12.8. The van der Waals surface area contributed by atoms with Gasteiger partial charge in [-0.2, -0.15) is 5.26 Å². The molecule has 0 heterocycles. The quantitative estimate of drug-likeness (QED) is 0.470. The van der Waals surface area contributed by atoms with Crippen LogP contribution in [0.25, 0.3) is 10.8 Å². The van der Waals surface area contributed by atoms with Crippen molar-refractivity contribution in [1.29, 1.82) is 5.26 Å². The lowest BCUT2D eigenvalue weighted by molar-refractivity contribution is -0.129. The number of carbonyl (C=O) groups excluding carboxylic acids is 2. The van der Waals surface area contributed by atoms with E-state index in [1.165, 1.54) is 0 Å². The molecule has 1 atom stereocenters. The zero-order chi connectivity index (χ0) is 21.3. The average molecular weight is 400 g/mol. The van der Waals surface area contributed by atoms with Crippen LogP contribution >= 0.6 is 0 Å². The number of nitriles is 1. The second-order valence-corrected chi connectivity index (χ2v) is 6.93. The molecule has 0 aliphatic rings. The van der Waals surface area contributed by atoms with Crippen LogP contribution in [0.3, 0.4) is 0 Å². The molecule has 3 aromatic carbocycles. The Morgan fingerprint density at radius 2 is 1.67 bits per heavy atom. The smallest absolute Gasteiger partial charge is 0.315 e. The van der Waals surface area contributed by atoms with Crippen LogP contribution in [0.15, 0.2) is 72.8 Å². The third-order valence-electron chi connectivity index (χ3n) is 4.86. The molecular weight excluding hydrogens is 376 g/mol. The van der Waals surface area contributed by atoms with Gasteiger partial charge in [-0.25, -0.2) is 9.69 Å². The summed E-state index contributed by atoms with van der Waals surface area (Å²) in [6.45, 7) is 2.32. The summed E-state index contributed by atoms with van der Waals surface area (Å²) in [5.41, 5.74) is 1.86. The number of amides is 3. The van der Waals surface area contributed by atoms with Gasteiger partial charge in [-0.15, -0.1) is 0 Å². The van der Waals surface area contributed by atoms with Crippen molar-refractivity contribution < 1.29 is 9.59 Å². The Bertz CT molecular complexity index is 1060. The second kappa shape index (κ2) is 10.1. The fourth-order valence-corrected chi connectivity index (χ4v) is 3.25. The van der Waals surface area contributed by atoms with E-state index >= 15 is 0 Å². The summed E-state index contributed by atoms with van der Waals surface area (Å²) >= 11 is 0. The lowest BCUT2D eigenvalue weighted by Gasteiger charge is -2.22. The van der Waals surface area contributed by atoms with Crippen LogP contribution in [0.1, 0.15) is 18.1 Å². The van der Waals surface area contributed by atoms with Crippen molar-refractivity contribution in [2.24, 2.45) is 0 Å². The van der Waals surface area contributed by atoms with Gasteiger partial charge in [0.25, 0.3) is 5.91 Å². The Kier molecular flexibility index (Phi) is 7.01. The summed E-state index contributed by atoms with van der Waals surface area (Å²) in [4.78, 5) is 26.4. The Hall–Kier alpha value is -3.85. The number of fused-ring (bicyclic) bond motifs is 1. The van der Waals surface area contributed by atoms with Crippen molar-refractivity contribution in [2.45, 2.75) is 25.9 Å². The van der Waals surface area contributed by atoms with Gasteiger partial charge >= 0.3 is 6.03 Å². The van der Waals surface area contributed by atoms with E-state index in [1.807, 2.05) is 79.0 Å². The number of rotatable bonds is 7. The van der Waals surface area contributed by atoms with Gasteiger partial charge in [-0.05, 0) is 28.8 Å². The van der Waals surface area contributed by atoms with Gasteiger partial charge in [0.2, 0.25) is 0 Å². The summed E-state index contributed by atoms with van der Waals surface area (Å²) in [5.74, 6) is -0.428. The van der Waals surface area contributed by atoms with Crippen LogP contribution in [0.5, 0.6) is 0 Å². The lowest BCUT2D eigenvalue weighted by atomic mass is 10.0. The van der Waals surface area contributed by atoms with E-state index in [1.54, 1.807) is 6.92 Å². The topological polar surface area (TPSA) is 85.2 Å². The highest BCUT2D eigenvalue weighted by Crippen LogP contribution is 2.17. The van der Waals surface area contributed by atoms with Crippen molar-refractivity contribution in [1.82, 2.24) is 15.5 Å². The van der Waals surface area contributed by atoms with E-state index < -0.39 is 18.0 Å². The first-order chi connectivity index (χ1) is 14.6. The number of urea groups is 1. The van der Waals surface area contributed by atoms with Gasteiger partial charge in [0.05, 0.1) is 0 Å². The van der Waals surface area contributed by atoms with Crippen LogP contribution in [0.4, 0.5) is 4.79 Å². The van der Waals surface area contributed by atoms with Crippen molar-refractivity contribution >= 4 is 22.7 Å². The Morgan fingerprint density at radius 3 is 2.37 bits per heavy atom. The summed E-state index contributed by atoms with van der Waals surface area (Å²) in [7, 11) is 0. The monoisotopic (exact) mass is 400 g/mol. The van der Waals surface area contributed by atoms with Crippen molar-refractivity contribution in [3.63, 3.8) is 0 Å². The number of nitrogens with zero attached hydrogens (tertiary/aromatic N) is 2. The van der Waals surface area contributed by atoms with Gasteiger partial charge in [-0.1, -0.05) is 72.8 Å². The summed E-state index contributed by atoms with van der Waals surface area (Å²) in [5, 5.41) is 16.9. The van der Waals surface area contributed by atoms with Crippen LogP contribution in [0, 0.1) is 11.5 Å². The number of hydrogen-bond donors (Lipinski definition) is 2. The van der Waals surface area contributed by atoms with Crippen molar-refractivity contribution in [2.75, 3.05) is 6.54 Å². The minimum atomic E-state index is -0.846. The average Bonchev–Trinajstić information content (AvgIpc) is 2.78. The summed E-state index contributed by atoms with van der Waals surface area (Å²) in [6, 6.07) is 22.1. The molecule has 6 heteroatoms. The molecule has 152 valence electrons. The molecule has 2 N–H and O–H groups in total. The van der Waals surface area contributed by atoms with E-state index in [0.29, 0.717) is 13.0 Å². The third kappa shape index (κ3) is 5.36. The van der Waals surface area contributed by atoms with Crippen molar-refractivity contribution in [3.8, 4) is 6.19 Å². The van der Waals surface area contributed by atoms with E-state index in [4.69, 9.17) is 0 Å². The van der Waals surface area contributed by atoms with E-state index in [2.05, 4.69) is 10.6 Å². The first-order valence-electron chi connectivity index (χ1n) is 9.87. The highest BCUT2D eigenvalue weighted by molar-refractivity contribution is 5.88. The van der Waals surface area contributed by atoms with E-state index in [0.717, 1.165) is 26.8 Å². The SMILES string of the molecule is CCN(C#N)C(=O)C(Cc1ccc2ccccc2c1)NC(=O)NCc1ccccc1. The van der Waals surface area contributed by atoms with Gasteiger partial charge in [0.1, 0.15) is 6.04 Å². The summed E-state index contributed by atoms with van der Waals surface area (Å²) in [6.07, 6.45) is 2.18. The summed E-state index contributed by atoms with van der Waals surface area (Å²) < 4.78 is 0. The van der Waals surface area contributed by atoms with Gasteiger partial charge in [-0.3, -0.25) is 4.79 Å².